The number of phenols is 1. The van der Waals surface area contributed by atoms with Crippen LogP contribution in [-0.4, -0.2) is 68.8 Å². The quantitative estimate of drug-likeness (QED) is 0.132. The number of phenolic OH excluding ortho intramolecular Hbond substituents is 1. The summed E-state index contributed by atoms with van der Waals surface area (Å²) in [6, 6.07) is 9.19. The first kappa shape index (κ1) is 31.5. The van der Waals surface area contributed by atoms with E-state index in [0.717, 1.165) is 16.5 Å². The van der Waals surface area contributed by atoms with E-state index >= 15 is 0 Å². The molecular weight excluding hydrogens is 546 g/mol. The first-order chi connectivity index (χ1) is 19.5. The van der Waals surface area contributed by atoms with E-state index in [-0.39, 0.29) is 30.3 Å². The lowest BCUT2D eigenvalue weighted by Crippen LogP contribution is -2.58. The van der Waals surface area contributed by atoms with Crippen LogP contribution in [-0.2, 0) is 32.0 Å². The minimum atomic E-state index is -1.28. The summed E-state index contributed by atoms with van der Waals surface area (Å²) >= 11 is 4.00. The summed E-state index contributed by atoms with van der Waals surface area (Å²) in [5.41, 5.74) is 8.34. The lowest BCUT2D eigenvalue weighted by Gasteiger charge is -2.25. The number of amides is 3. The predicted octanol–water partition coefficient (Wildman–Crippen LogP) is 1.50. The number of carboxylic acids is 1. The van der Waals surface area contributed by atoms with Crippen LogP contribution in [0.2, 0.25) is 0 Å². The molecule has 1 heterocycles. The Morgan fingerprint density at radius 2 is 1.46 bits per heavy atom. The Labute approximate surface area is 243 Å². The number of thiol groups is 1. The SMILES string of the molecule is CC(C)CC(N)C(=O)NC(Cc1c[nH]c2ccccc12)C(=O)NC(Cc1ccc(O)cc1)C(=O)NC(CS)C(=O)O. The number of aromatic nitrogens is 1. The molecule has 1 aromatic heterocycles. The van der Waals surface area contributed by atoms with Crippen LogP contribution in [0.1, 0.15) is 31.4 Å². The van der Waals surface area contributed by atoms with E-state index in [1.54, 1.807) is 18.3 Å². The molecule has 0 aliphatic rings. The van der Waals surface area contributed by atoms with Gasteiger partial charge in [-0.25, -0.2) is 4.79 Å². The number of carbonyl (C=O) groups is 4. The second-order valence-electron chi connectivity index (χ2n) is 10.4. The van der Waals surface area contributed by atoms with Crippen LogP contribution in [0.5, 0.6) is 5.75 Å². The van der Waals surface area contributed by atoms with Crippen LogP contribution in [0, 0.1) is 5.92 Å². The lowest BCUT2D eigenvalue weighted by atomic mass is 10.00. The number of benzene rings is 2. The van der Waals surface area contributed by atoms with Crippen molar-refractivity contribution >= 4 is 47.2 Å². The Hall–Kier alpha value is -4.03. The Kier molecular flexibility index (Phi) is 11.2. The van der Waals surface area contributed by atoms with Gasteiger partial charge in [0.05, 0.1) is 6.04 Å². The van der Waals surface area contributed by atoms with E-state index in [0.29, 0.717) is 12.0 Å². The minimum Gasteiger partial charge on any atom is -0.508 e. The summed E-state index contributed by atoms with van der Waals surface area (Å²) in [4.78, 5) is 54.6. The number of aliphatic carboxylic acids is 1. The molecule has 220 valence electrons. The molecule has 0 saturated heterocycles. The normalized spacial score (nSPS) is 14.2. The number of carbonyl (C=O) groups excluding carboxylic acids is 3. The highest BCUT2D eigenvalue weighted by Crippen LogP contribution is 2.20. The van der Waals surface area contributed by atoms with Crippen molar-refractivity contribution in [3.05, 3.63) is 65.9 Å². The zero-order chi connectivity index (χ0) is 30.1. The standard InChI is InChI=1S/C29H37N5O6S/c1-16(2)11-21(30)26(36)32-24(13-18-14-31-22-6-4-3-5-20(18)22)28(38)33-23(12-17-7-9-19(35)10-8-17)27(37)34-25(15-41)29(39)40/h3-10,14,16,21,23-25,31,35,41H,11-13,15,30H2,1-2H3,(H,32,36)(H,33,38)(H,34,37)(H,39,40). The van der Waals surface area contributed by atoms with E-state index in [4.69, 9.17) is 5.73 Å². The van der Waals surface area contributed by atoms with Gasteiger partial charge < -0.3 is 36.9 Å². The molecule has 8 N–H and O–H groups in total. The summed E-state index contributed by atoms with van der Waals surface area (Å²) in [6.07, 6.45) is 2.28. The fourth-order valence-corrected chi connectivity index (χ4v) is 4.68. The van der Waals surface area contributed by atoms with Gasteiger partial charge in [-0.3, -0.25) is 14.4 Å². The third-order valence-corrected chi connectivity index (χ3v) is 6.97. The van der Waals surface area contributed by atoms with Crippen molar-refractivity contribution in [3.63, 3.8) is 0 Å². The third kappa shape index (κ3) is 8.98. The molecule has 3 amide bonds. The number of nitrogens with one attached hydrogen (secondary N) is 4. The van der Waals surface area contributed by atoms with Gasteiger partial charge in [0.1, 0.15) is 23.9 Å². The molecule has 0 radical (unpaired) electrons. The highest BCUT2D eigenvalue weighted by atomic mass is 32.1. The van der Waals surface area contributed by atoms with Gasteiger partial charge in [-0.15, -0.1) is 0 Å². The molecule has 0 aliphatic carbocycles. The molecule has 41 heavy (non-hydrogen) atoms. The molecule has 2 aromatic carbocycles. The average molecular weight is 584 g/mol. The summed E-state index contributed by atoms with van der Waals surface area (Å²) in [5, 5.41) is 27.8. The third-order valence-electron chi connectivity index (χ3n) is 6.60. The van der Waals surface area contributed by atoms with Crippen molar-refractivity contribution in [1.29, 1.82) is 0 Å². The second-order valence-corrected chi connectivity index (χ2v) is 10.7. The van der Waals surface area contributed by atoms with Crippen molar-refractivity contribution in [2.24, 2.45) is 11.7 Å². The van der Waals surface area contributed by atoms with Gasteiger partial charge in [-0.05, 0) is 41.7 Å². The summed E-state index contributed by atoms with van der Waals surface area (Å²) in [5.74, 6) is -3.12. The highest BCUT2D eigenvalue weighted by Gasteiger charge is 2.31. The molecule has 3 rings (SSSR count). The number of hydrogen-bond acceptors (Lipinski definition) is 7. The van der Waals surface area contributed by atoms with Gasteiger partial charge in [0.2, 0.25) is 17.7 Å². The Bertz CT molecular complexity index is 1360. The van der Waals surface area contributed by atoms with Crippen molar-refractivity contribution in [1.82, 2.24) is 20.9 Å². The maximum absolute atomic E-state index is 13.7. The van der Waals surface area contributed by atoms with E-state index in [1.165, 1.54) is 12.1 Å². The van der Waals surface area contributed by atoms with Crippen LogP contribution in [0.4, 0.5) is 0 Å². The summed E-state index contributed by atoms with van der Waals surface area (Å²) in [6.45, 7) is 3.87. The van der Waals surface area contributed by atoms with Gasteiger partial charge in [-0.1, -0.05) is 44.2 Å². The lowest BCUT2D eigenvalue weighted by molar-refractivity contribution is -0.141. The van der Waals surface area contributed by atoms with Crippen LogP contribution >= 0.6 is 12.6 Å². The van der Waals surface area contributed by atoms with Gasteiger partial charge in [-0.2, -0.15) is 12.6 Å². The minimum absolute atomic E-state index is 0.00260. The number of nitrogens with two attached hydrogens (primary N) is 1. The van der Waals surface area contributed by atoms with Crippen molar-refractivity contribution < 1.29 is 29.4 Å². The maximum Gasteiger partial charge on any atom is 0.327 e. The molecule has 3 aromatic rings. The van der Waals surface area contributed by atoms with E-state index in [2.05, 4.69) is 33.6 Å². The van der Waals surface area contributed by atoms with Crippen LogP contribution in [0.25, 0.3) is 10.9 Å². The average Bonchev–Trinajstić information content (AvgIpc) is 3.34. The second kappa shape index (κ2) is 14.6. The largest absolute Gasteiger partial charge is 0.508 e. The van der Waals surface area contributed by atoms with Crippen molar-refractivity contribution in [2.75, 3.05) is 5.75 Å². The molecule has 4 atom stereocenters. The van der Waals surface area contributed by atoms with Gasteiger partial charge >= 0.3 is 5.97 Å². The molecule has 0 bridgehead atoms. The number of para-hydroxylation sites is 1. The molecule has 0 fully saturated rings. The van der Waals surface area contributed by atoms with Crippen molar-refractivity contribution in [2.45, 2.75) is 57.3 Å². The van der Waals surface area contributed by atoms with E-state index in [1.807, 2.05) is 38.1 Å². The fourth-order valence-electron chi connectivity index (χ4n) is 4.43. The molecular formula is C29H37N5O6S. The molecule has 4 unspecified atom stereocenters. The monoisotopic (exact) mass is 583 g/mol. The first-order valence-corrected chi connectivity index (χ1v) is 13.9. The first-order valence-electron chi connectivity index (χ1n) is 13.3. The van der Waals surface area contributed by atoms with E-state index in [9.17, 15) is 29.4 Å². The van der Waals surface area contributed by atoms with E-state index < -0.39 is 47.9 Å². The predicted molar refractivity (Wildman–Crippen MR) is 159 cm³/mol. The Morgan fingerprint density at radius 3 is 2.07 bits per heavy atom. The van der Waals surface area contributed by atoms with Gasteiger partial charge in [0.25, 0.3) is 0 Å². The maximum atomic E-state index is 13.7. The number of fused-ring (bicyclic) bond motifs is 1. The van der Waals surface area contributed by atoms with Crippen LogP contribution in [0.3, 0.4) is 0 Å². The number of hydrogen-bond donors (Lipinski definition) is 8. The smallest absolute Gasteiger partial charge is 0.327 e. The number of aromatic hydroxyl groups is 1. The van der Waals surface area contributed by atoms with Crippen LogP contribution < -0.4 is 21.7 Å². The highest BCUT2D eigenvalue weighted by molar-refractivity contribution is 7.80. The number of H-pyrrole nitrogens is 1. The molecule has 11 nitrogen and oxygen atoms in total. The zero-order valence-electron chi connectivity index (χ0n) is 23.0. The summed E-state index contributed by atoms with van der Waals surface area (Å²) in [7, 11) is 0. The number of rotatable bonds is 14. The molecule has 0 saturated carbocycles. The van der Waals surface area contributed by atoms with Crippen LogP contribution in [0.15, 0.2) is 54.7 Å². The molecule has 0 spiro atoms. The Balaban J connectivity index is 1.89. The topological polar surface area (TPSA) is 187 Å². The number of carboxylic acid groups (broad SMARTS) is 1. The fraction of sp³-hybridized carbons (Fsp3) is 0.379. The number of aromatic amines is 1. The van der Waals surface area contributed by atoms with Gasteiger partial charge in [0, 0.05) is 35.7 Å². The van der Waals surface area contributed by atoms with Crippen molar-refractivity contribution in [3.8, 4) is 5.75 Å². The van der Waals surface area contributed by atoms with Gasteiger partial charge in [0.15, 0.2) is 0 Å². The summed E-state index contributed by atoms with van der Waals surface area (Å²) < 4.78 is 0. The molecule has 12 heteroatoms. The Morgan fingerprint density at radius 1 is 0.878 bits per heavy atom. The zero-order valence-corrected chi connectivity index (χ0v) is 23.9. The molecule has 0 aliphatic heterocycles.